The summed E-state index contributed by atoms with van der Waals surface area (Å²) in [6.07, 6.45) is 6.94. The predicted octanol–water partition coefficient (Wildman–Crippen LogP) is 5.92. The van der Waals surface area contributed by atoms with Crippen LogP contribution in [0.15, 0.2) is 42.7 Å². The lowest BCUT2D eigenvalue weighted by Gasteiger charge is -2.38. The molecule has 3 aromatic rings. The van der Waals surface area contributed by atoms with Crippen LogP contribution in [-0.4, -0.2) is 62.0 Å². The van der Waals surface area contributed by atoms with Gasteiger partial charge in [0.25, 0.3) is 0 Å². The van der Waals surface area contributed by atoms with Gasteiger partial charge in [-0.05, 0) is 48.3 Å². The number of imidazole rings is 1. The quantitative estimate of drug-likeness (QED) is 0.207. The Morgan fingerprint density at radius 3 is 2.33 bits per heavy atom. The van der Waals surface area contributed by atoms with Crippen LogP contribution in [0.5, 0.6) is 6.01 Å². The van der Waals surface area contributed by atoms with Crippen molar-refractivity contribution in [3.63, 3.8) is 0 Å². The highest BCUT2D eigenvalue weighted by Crippen LogP contribution is 2.38. The summed E-state index contributed by atoms with van der Waals surface area (Å²) in [5.74, 6) is -1.08. The Morgan fingerprint density at radius 1 is 1.17 bits per heavy atom. The first-order valence-corrected chi connectivity index (χ1v) is 18.3. The number of hydrogen-bond donors (Lipinski definition) is 1. The van der Waals surface area contributed by atoms with Gasteiger partial charge in [0, 0.05) is 30.6 Å². The van der Waals surface area contributed by atoms with Gasteiger partial charge >= 0.3 is 12.0 Å². The summed E-state index contributed by atoms with van der Waals surface area (Å²) in [6.45, 7) is 14.4. The minimum atomic E-state index is -3.66. The van der Waals surface area contributed by atoms with Crippen molar-refractivity contribution in [3.8, 4) is 17.3 Å². The lowest BCUT2D eigenvalue weighted by atomic mass is 9.97. The Kier molecular flexibility index (Phi) is 10.1. The van der Waals surface area contributed by atoms with Gasteiger partial charge in [-0.1, -0.05) is 46.8 Å². The normalized spacial score (nSPS) is 13.5. The van der Waals surface area contributed by atoms with Crippen molar-refractivity contribution in [1.29, 1.82) is 0 Å². The summed E-state index contributed by atoms with van der Waals surface area (Å²) in [7, 11) is -4.62. The SMILES string of the molecule is CC(C)c1nc(N(C)S(C)(=O)=O)nc(-c2ccc(F)cc2)c1C=C[C@H](CC(=O)Oc1ncc[nH]1)O[Si](C)(C)C(C)(C)C. The molecule has 13 heteroatoms. The Bertz CT molecular complexity index is 1520. The molecular formula is C29H40FN5O5SSi. The molecule has 42 heavy (non-hydrogen) atoms. The van der Waals surface area contributed by atoms with Gasteiger partial charge in [-0.3, -0.25) is 4.79 Å². The van der Waals surface area contributed by atoms with Gasteiger partial charge in [-0.2, -0.15) is 0 Å². The monoisotopic (exact) mass is 617 g/mol. The van der Waals surface area contributed by atoms with E-state index in [-0.39, 0.29) is 29.3 Å². The fourth-order valence-corrected chi connectivity index (χ4v) is 5.37. The van der Waals surface area contributed by atoms with E-state index in [4.69, 9.17) is 9.16 Å². The molecule has 10 nitrogen and oxygen atoms in total. The molecule has 1 atom stereocenters. The largest absolute Gasteiger partial charge is 0.410 e. The number of ether oxygens (including phenoxy) is 1. The summed E-state index contributed by atoms with van der Waals surface area (Å²) in [5.41, 5.74) is 2.17. The number of H-pyrrole nitrogens is 1. The summed E-state index contributed by atoms with van der Waals surface area (Å²) in [6, 6.07) is 5.87. The molecule has 2 aromatic heterocycles. The molecule has 0 bridgehead atoms. The van der Waals surface area contributed by atoms with Gasteiger partial charge < -0.3 is 14.1 Å². The standard InChI is InChI=1S/C29H40FN5O5SSi/c1-19(2)25-23(26(20-10-12-21(30)13-11-20)34-27(33-25)35(6)41(7,37)38)15-14-22(40-42(8,9)29(3,4)5)18-24(36)39-28-31-16-17-32-28/h10-17,19,22H,18H2,1-9H3,(H,31,32)/t22-/m1/s1. The number of carbonyl (C=O) groups excluding carboxylic acids is 1. The third-order valence-electron chi connectivity index (χ3n) is 7.19. The number of carbonyl (C=O) groups is 1. The van der Waals surface area contributed by atoms with Crippen LogP contribution in [-0.2, 0) is 19.2 Å². The van der Waals surface area contributed by atoms with Crippen LogP contribution < -0.4 is 9.04 Å². The van der Waals surface area contributed by atoms with E-state index in [0.29, 0.717) is 22.5 Å². The average molecular weight is 618 g/mol. The molecule has 3 rings (SSSR count). The van der Waals surface area contributed by atoms with E-state index in [1.165, 1.54) is 25.4 Å². The maximum Gasteiger partial charge on any atom is 0.316 e. The van der Waals surface area contributed by atoms with Crippen molar-refractivity contribution in [2.45, 2.75) is 71.2 Å². The van der Waals surface area contributed by atoms with Crippen molar-refractivity contribution in [2.24, 2.45) is 0 Å². The highest BCUT2D eigenvalue weighted by Gasteiger charge is 2.39. The Morgan fingerprint density at radius 2 is 1.81 bits per heavy atom. The molecule has 0 fully saturated rings. The van der Waals surface area contributed by atoms with Crippen molar-refractivity contribution in [1.82, 2.24) is 19.9 Å². The van der Waals surface area contributed by atoms with Gasteiger partial charge in [-0.25, -0.2) is 32.1 Å². The minimum Gasteiger partial charge on any atom is -0.410 e. The predicted molar refractivity (Wildman–Crippen MR) is 165 cm³/mol. The first kappa shape index (κ1) is 33.1. The fourth-order valence-electron chi connectivity index (χ4n) is 3.72. The maximum absolute atomic E-state index is 13.8. The molecule has 0 aliphatic carbocycles. The van der Waals surface area contributed by atoms with E-state index in [1.54, 1.807) is 30.5 Å². The topological polar surface area (TPSA) is 127 Å². The number of sulfonamides is 1. The van der Waals surface area contributed by atoms with Gasteiger partial charge in [-0.15, -0.1) is 0 Å². The van der Waals surface area contributed by atoms with Crippen LogP contribution in [0, 0.1) is 5.82 Å². The van der Waals surface area contributed by atoms with E-state index in [2.05, 4.69) is 53.8 Å². The van der Waals surface area contributed by atoms with E-state index >= 15 is 0 Å². The van der Waals surface area contributed by atoms with Crippen LogP contribution in [0.4, 0.5) is 10.3 Å². The number of rotatable bonds is 11. The van der Waals surface area contributed by atoms with Gasteiger partial charge in [0.05, 0.1) is 30.2 Å². The zero-order chi connectivity index (χ0) is 31.5. The molecule has 0 amide bonds. The van der Waals surface area contributed by atoms with Crippen LogP contribution in [0.2, 0.25) is 18.1 Å². The number of aromatic nitrogens is 4. The Balaban J connectivity index is 2.15. The number of aromatic amines is 1. The molecule has 2 heterocycles. The number of benzene rings is 1. The number of hydrogen-bond acceptors (Lipinski definition) is 8. The van der Waals surface area contributed by atoms with E-state index < -0.39 is 36.2 Å². The highest BCUT2D eigenvalue weighted by molar-refractivity contribution is 7.92. The number of esters is 1. The fraction of sp³-hybridized carbons (Fsp3) is 0.448. The number of anilines is 1. The van der Waals surface area contributed by atoms with Crippen LogP contribution in [0.3, 0.4) is 0 Å². The first-order chi connectivity index (χ1) is 19.4. The maximum atomic E-state index is 13.8. The summed E-state index contributed by atoms with van der Waals surface area (Å²) >= 11 is 0. The Labute approximate surface area is 248 Å². The Hall–Kier alpha value is -3.42. The van der Waals surface area contributed by atoms with Crippen LogP contribution in [0.25, 0.3) is 17.3 Å². The molecule has 228 valence electrons. The molecule has 0 saturated heterocycles. The van der Waals surface area contributed by atoms with Crippen molar-refractivity contribution >= 4 is 36.3 Å². The van der Waals surface area contributed by atoms with Gasteiger partial charge in [0.1, 0.15) is 5.82 Å². The second kappa shape index (κ2) is 12.8. The zero-order valence-electron chi connectivity index (χ0n) is 25.6. The van der Waals surface area contributed by atoms with Crippen molar-refractivity contribution in [2.75, 3.05) is 17.6 Å². The van der Waals surface area contributed by atoms with E-state index in [9.17, 15) is 17.6 Å². The molecule has 0 aliphatic heterocycles. The van der Waals surface area contributed by atoms with Crippen molar-refractivity contribution in [3.05, 3.63) is 59.8 Å². The molecular weight excluding hydrogens is 578 g/mol. The zero-order valence-corrected chi connectivity index (χ0v) is 27.4. The second-order valence-corrected chi connectivity index (χ2v) is 18.7. The molecule has 0 radical (unpaired) electrons. The summed E-state index contributed by atoms with van der Waals surface area (Å²) in [4.78, 5) is 28.8. The number of nitrogens with one attached hydrogen (secondary N) is 1. The van der Waals surface area contributed by atoms with Gasteiger partial charge in [0.15, 0.2) is 8.32 Å². The minimum absolute atomic E-state index is 0.00576. The van der Waals surface area contributed by atoms with E-state index in [0.717, 1.165) is 10.6 Å². The molecule has 0 saturated carbocycles. The van der Waals surface area contributed by atoms with Crippen LogP contribution in [0.1, 0.15) is 58.2 Å². The second-order valence-electron chi connectivity index (χ2n) is 11.9. The lowest BCUT2D eigenvalue weighted by Crippen LogP contribution is -2.44. The summed E-state index contributed by atoms with van der Waals surface area (Å²) in [5, 5.41) is -0.132. The van der Waals surface area contributed by atoms with Crippen molar-refractivity contribution < 1.29 is 26.8 Å². The third-order valence-corrected chi connectivity index (χ3v) is 12.9. The average Bonchev–Trinajstić information content (AvgIpc) is 3.38. The lowest BCUT2D eigenvalue weighted by molar-refractivity contribution is -0.136. The molecule has 1 N–H and O–H groups in total. The molecule has 1 aromatic carbocycles. The van der Waals surface area contributed by atoms with E-state index in [1.807, 2.05) is 13.8 Å². The third kappa shape index (κ3) is 8.32. The first-order valence-electron chi connectivity index (χ1n) is 13.6. The molecule has 0 spiro atoms. The smallest absolute Gasteiger partial charge is 0.316 e. The summed E-state index contributed by atoms with van der Waals surface area (Å²) < 4.78 is 51.5. The van der Waals surface area contributed by atoms with Crippen LogP contribution >= 0.6 is 0 Å². The highest BCUT2D eigenvalue weighted by atomic mass is 32.2. The molecule has 0 aliphatic rings. The molecule has 0 unspecified atom stereocenters. The number of nitrogens with zero attached hydrogens (tertiary/aromatic N) is 4. The van der Waals surface area contributed by atoms with Gasteiger partial charge in [0.2, 0.25) is 16.0 Å². The number of halogens is 1.